The van der Waals surface area contributed by atoms with Crippen LogP contribution in [-0.4, -0.2) is 26.4 Å². The highest BCUT2D eigenvalue weighted by Gasteiger charge is 2.13. The fraction of sp³-hybridized carbons (Fsp3) is 0.200. The topological polar surface area (TPSA) is 90.1 Å². The molecule has 0 aliphatic heterocycles. The summed E-state index contributed by atoms with van der Waals surface area (Å²) >= 11 is 1.49. The van der Waals surface area contributed by atoms with E-state index in [0.717, 1.165) is 21.7 Å². The van der Waals surface area contributed by atoms with Crippen LogP contribution in [0.1, 0.15) is 16.8 Å². The predicted octanol–water partition coefficient (Wildman–Crippen LogP) is 4.44. The Hall–Kier alpha value is -3.13. The molecule has 7 nitrogen and oxygen atoms in total. The molecule has 1 heterocycles. The number of amides is 1. The molecule has 0 unspecified atom stereocenters. The summed E-state index contributed by atoms with van der Waals surface area (Å²) in [5, 5.41) is 18.1. The third kappa shape index (κ3) is 4.58. The molecule has 0 radical (unpaired) electrons. The van der Waals surface area contributed by atoms with Gasteiger partial charge in [-0.15, -0.1) is 11.8 Å². The van der Waals surface area contributed by atoms with Crippen molar-refractivity contribution in [3.05, 3.63) is 75.5 Å². The van der Waals surface area contributed by atoms with Gasteiger partial charge in [-0.1, -0.05) is 17.7 Å². The summed E-state index contributed by atoms with van der Waals surface area (Å²) in [5.74, 6) is 0.654. The SMILES string of the molecule is Cc1ccc(C)c(SCC(=O)Nc2cc(C)nn2-c2ccc([N+](=O)[O-])cc2)c1. The molecule has 0 spiro atoms. The van der Waals surface area contributed by atoms with Crippen LogP contribution < -0.4 is 5.32 Å². The van der Waals surface area contributed by atoms with Gasteiger partial charge in [0.25, 0.3) is 5.69 Å². The molecule has 0 saturated carbocycles. The Balaban J connectivity index is 1.73. The molecular weight excluding hydrogens is 376 g/mol. The fourth-order valence-electron chi connectivity index (χ4n) is 2.69. The molecule has 0 bridgehead atoms. The van der Waals surface area contributed by atoms with E-state index in [1.165, 1.54) is 23.9 Å². The third-order valence-electron chi connectivity index (χ3n) is 4.11. The van der Waals surface area contributed by atoms with Gasteiger partial charge in [0, 0.05) is 23.1 Å². The number of nitrogens with one attached hydrogen (secondary N) is 1. The van der Waals surface area contributed by atoms with Gasteiger partial charge < -0.3 is 5.32 Å². The summed E-state index contributed by atoms with van der Waals surface area (Å²) in [6.45, 7) is 5.87. The van der Waals surface area contributed by atoms with Crippen molar-refractivity contribution < 1.29 is 9.72 Å². The first-order valence-electron chi connectivity index (χ1n) is 8.65. The van der Waals surface area contributed by atoms with Crippen LogP contribution in [0.3, 0.4) is 0 Å². The van der Waals surface area contributed by atoms with Gasteiger partial charge in [-0.25, -0.2) is 4.68 Å². The van der Waals surface area contributed by atoms with E-state index in [0.29, 0.717) is 11.5 Å². The molecule has 0 aliphatic carbocycles. The third-order valence-corrected chi connectivity index (χ3v) is 5.26. The number of benzene rings is 2. The largest absolute Gasteiger partial charge is 0.310 e. The van der Waals surface area contributed by atoms with Crippen LogP contribution in [0.25, 0.3) is 5.69 Å². The first-order chi connectivity index (χ1) is 13.3. The van der Waals surface area contributed by atoms with E-state index in [-0.39, 0.29) is 17.3 Å². The Morgan fingerprint density at radius 2 is 1.86 bits per heavy atom. The molecule has 1 amide bonds. The van der Waals surface area contributed by atoms with Crippen molar-refractivity contribution in [2.75, 3.05) is 11.1 Å². The summed E-state index contributed by atoms with van der Waals surface area (Å²) in [6.07, 6.45) is 0. The predicted molar refractivity (Wildman–Crippen MR) is 110 cm³/mol. The molecule has 2 aromatic carbocycles. The number of carbonyl (C=O) groups is 1. The quantitative estimate of drug-likeness (QED) is 0.378. The number of thioether (sulfide) groups is 1. The number of non-ortho nitro benzene ring substituents is 1. The van der Waals surface area contributed by atoms with Gasteiger partial charge in [0.15, 0.2) is 0 Å². The number of nitro groups is 1. The van der Waals surface area contributed by atoms with E-state index in [1.807, 2.05) is 32.9 Å². The minimum Gasteiger partial charge on any atom is -0.310 e. The molecule has 1 N–H and O–H groups in total. The zero-order valence-corrected chi connectivity index (χ0v) is 16.6. The minimum absolute atomic E-state index is 0.00291. The Kier molecular flexibility index (Phi) is 5.79. The number of nitrogens with zero attached hydrogens (tertiary/aromatic N) is 3. The lowest BCUT2D eigenvalue weighted by Gasteiger charge is -2.10. The van der Waals surface area contributed by atoms with Crippen LogP contribution in [0.15, 0.2) is 53.4 Å². The van der Waals surface area contributed by atoms with E-state index in [1.54, 1.807) is 22.9 Å². The molecule has 0 saturated heterocycles. The fourth-order valence-corrected chi connectivity index (χ4v) is 3.61. The number of anilines is 1. The number of nitro benzene ring substituents is 1. The van der Waals surface area contributed by atoms with Gasteiger partial charge in [-0.05, 0) is 44.5 Å². The van der Waals surface area contributed by atoms with E-state index in [2.05, 4.69) is 16.5 Å². The summed E-state index contributed by atoms with van der Waals surface area (Å²) in [5.41, 5.74) is 3.66. The number of hydrogen-bond donors (Lipinski definition) is 1. The second-order valence-electron chi connectivity index (χ2n) is 6.46. The van der Waals surface area contributed by atoms with E-state index < -0.39 is 4.92 Å². The minimum atomic E-state index is -0.453. The molecule has 8 heteroatoms. The summed E-state index contributed by atoms with van der Waals surface area (Å²) in [6, 6.07) is 14.0. The monoisotopic (exact) mass is 396 g/mol. The maximum absolute atomic E-state index is 12.5. The van der Waals surface area contributed by atoms with Crippen LogP contribution in [-0.2, 0) is 4.79 Å². The van der Waals surface area contributed by atoms with Gasteiger partial charge in [0.1, 0.15) is 5.82 Å². The standard InChI is InChI=1S/C20H20N4O3S/c1-13-4-5-14(2)18(10-13)28-12-20(25)21-19-11-15(3)22-23(19)16-6-8-17(9-7-16)24(26)27/h4-11H,12H2,1-3H3,(H,21,25). The van der Waals surface area contributed by atoms with Crippen LogP contribution in [0, 0.1) is 30.9 Å². The highest BCUT2D eigenvalue weighted by Crippen LogP contribution is 2.24. The van der Waals surface area contributed by atoms with Crippen molar-refractivity contribution in [2.45, 2.75) is 25.7 Å². The van der Waals surface area contributed by atoms with Crippen LogP contribution in [0.2, 0.25) is 0 Å². The lowest BCUT2D eigenvalue weighted by molar-refractivity contribution is -0.384. The number of aromatic nitrogens is 2. The second-order valence-corrected chi connectivity index (χ2v) is 7.48. The van der Waals surface area contributed by atoms with Crippen molar-refractivity contribution in [3.63, 3.8) is 0 Å². The average Bonchev–Trinajstić information content (AvgIpc) is 3.02. The average molecular weight is 396 g/mol. The van der Waals surface area contributed by atoms with Gasteiger partial charge in [0.05, 0.1) is 22.1 Å². The zero-order chi connectivity index (χ0) is 20.3. The molecule has 144 valence electrons. The van der Waals surface area contributed by atoms with Gasteiger partial charge in [0.2, 0.25) is 5.91 Å². The Bertz CT molecular complexity index is 1030. The highest BCUT2D eigenvalue weighted by atomic mass is 32.2. The lowest BCUT2D eigenvalue weighted by Crippen LogP contribution is -2.17. The van der Waals surface area contributed by atoms with Crippen molar-refractivity contribution in [1.29, 1.82) is 0 Å². The van der Waals surface area contributed by atoms with Gasteiger partial charge in [-0.2, -0.15) is 5.10 Å². The normalized spacial score (nSPS) is 10.7. The summed E-state index contributed by atoms with van der Waals surface area (Å²) < 4.78 is 1.57. The number of rotatable bonds is 6. The molecular formula is C20H20N4O3S. The van der Waals surface area contributed by atoms with Crippen molar-refractivity contribution in [2.24, 2.45) is 0 Å². The first-order valence-corrected chi connectivity index (χ1v) is 9.63. The molecule has 3 rings (SSSR count). The van der Waals surface area contributed by atoms with Crippen molar-refractivity contribution >= 4 is 29.2 Å². The first kappa shape index (κ1) is 19.6. The number of carbonyl (C=O) groups excluding carboxylic acids is 1. The lowest BCUT2D eigenvalue weighted by atomic mass is 10.2. The Labute approximate surface area is 166 Å². The molecule has 3 aromatic rings. The van der Waals surface area contributed by atoms with E-state index in [9.17, 15) is 14.9 Å². The maximum Gasteiger partial charge on any atom is 0.269 e. The van der Waals surface area contributed by atoms with Crippen LogP contribution >= 0.6 is 11.8 Å². The van der Waals surface area contributed by atoms with E-state index >= 15 is 0 Å². The second kappa shape index (κ2) is 8.26. The summed E-state index contributed by atoms with van der Waals surface area (Å²) in [7, 11) is 0. The molecule has 0 aliphatic rings. The Morgan fingerprint density at radius 1 is 1.14 bits per heavy atom. The number of aryl methyl sites for hydroxylation is 3. The maximum atomic E-state index is 12.5. The number of hydrogen-bond acceptors (Lipinski definition) is 5. The summed E-state index contributed by atoms with van der Waals surface area (Å²) in [4.78, 5) is 23.9. The highest BCUT2D eigenvalue weighted by molar-refractivity contribution is 8.00. The smallest absolute Gasteiger partial charge is 0.269 e. The van der Waals surface area contributed by atoms with Gasteiger partial charge in [-0.3, -0.25) is 14.9 Å². The van der Waals surface area contributed by atoms with Crippen molar-refractivity contribution in [1.82, 2.24) is 9.78 Å². The molecule has 1 aromatic heterocycles. The van der Waals surface area contributed by atoms with Gasteiger partial charge >= 0.3 is 0 Å². The Morgan fingerprint density at radius 3 is 2.54 bits per heavy atom. The van der Waals surface area contributed by atoms with Crippen LogP contribution in [0.4, 0.5) is 11.5 Å². The molecule has 28 heavy (non-hydrogen) atoms. The molecule has 0 fully saturated rings. The zero-order valence-electron chi connectivity index (χ0n) is 15.8. The van der Waals surface area contributed by atoms with Crippen LogP contribution in [0.5, 0.6) is 0 Å². The molecule has 0 atom stereocenters. The van der Waals surface area contributed by atoms with Crippen molar-refractivity contribution in [3.8, 4) is 5.69 Å². The van der Waals surface area contributed by atoms with E-state index in [4.69, 9.17) is 0 Å².